The maximum Gasteiger partial charge on any atom is 0.251 e. The average molecular weight is 346 g/mol. The molecule has 3 heterocycles. The van der Waals surface area contributed by atoms with E-state index in [9.17, 15) is 4.79 Å². The van der Waals surface area contributed by atoms with Crippen molar-refractivity contribution < 1.29 is 9.21 Å². The van der Waals surface area contributed by atoms with Crippen LogP contribution in [0.25, 0.3) is 22.2 Å². The van der Waals surface area contributed by atoms with Crippen molar-refractivity contribution in [3.8, 4) is 17.5 Å². The zero-order valence-corrected chi connectivity index (χ0v) is 14.2. The molecule has 1 fully saturated rings. The maximum atomic E-state index is 12.5. The molecule has 1 aromatic carbocycles. The fourth-order valence-electron chi connectivity index (χ4n) is 3.30. The summed E-state index contributed by atoms with van der Waals surface area (Å²) in [5, 5.41) is 12.9. The van der Waals surface area contributed by atoms with Crippen LogP contribution in [0.4, 0.5) is 0 Å². The molecule has 1 aliphatic rings. The van der Waals surface area contributed by atoms with Gasteiger partial charge in [0.25, 0.3) is 5.91 Å². The number of aromatic nitrogens is 1. The number of rotatable bonds is 3. The summed E-state index contributed by atoms with van der Waals surface area (Å²) < 4.78 is 5.41. The first-order chi connectivity index (χ1) is 12.7. The van der Waals surface area contributed by atoms with E-state index < -0.39 is 0 Å². The molecule has 1 amide bonds. The molecule has 0 aliphatic carbocycles. The first-order valence-electron chi connectivity index (χ1n) is 8.63. The van der Waals surface area contributed by atoms with Crippen molar-refractivity contribution in [3.05, 3.63) is 54.4 Å². The van der Waals surface area contributed by atoms with Crippen molar-refractivity contribution >= 4 is 16.9 Å². The molecule has 26 heavy (non-hydrogen) atoms. The van der Waals surface area contributed by atoms with Crippen molar-refractivity contribution in [3.63, 3.8) is 0 Å². The Bertz CT molecular complexity index is 963. The number of hydrogen-bond acceptors (Lipinski definition) is 5. The van der Waals surface area contributed by atoms with E-state index in [1.807, 2.05) is 36.4 Å². The monoisotopic (exact) mass is 346 g/mol. The van der Waals surface area contributed by atoms with Crippen LogP contribution in [0.3, 0.4) is 0 Å². The second-order valence-electron chi connectivity index (χ2n) is 6.40. The lowest BCUT2D eigenvalue weighted by molar-refractivity contribution is 0.0921. The van der Waals surface area contributed by atoms with Gasteiger partial charge in [-0.25, -0.2) is 0 Å². The molecule has 0 bridgehead atoms. The van der Waals surface area contributed by atoms with Gasteiger partial charge in [0.2, 0.25) is 0 Å². The van der Waals surface area contributed by atoms with Crippen molar-refractivity contribution in [2.45, 2.75) is 18.9 Å². The quantitative estimate of drug-likeness (QED) is 0.737. The molecule has 1 saturated heterocycles. The van der Waals surface area contributed by atoms with E-state index in [1.54, 1.807) is 17.4 Å². The van der Waals surface area contributed by atoms with Gasteiger partial charge >= 0.3 is 0 Å². The summed E-state index contributed by atoms with van der Waals surface area (Å²) in [6.07, 6.45) is 7.11. The van der Waals surface area contributed by atoms with Crippen molar-refractivity contribution in [1.82, 2.24) is 15.2 Å². The van der Waals surface area contributed by atoms with Crippen LogP contribution in [0.1, 0.15) is 23.2 Å². The summed E-state index contributed by atoms with van der Waals surface area (Å²) in [5.74, 6) is -0.0820. The molecule has 1 aliphatic heterocycles. The third-order valence-corrected chi connectivity index (χ3v) is 4.77. The lowest BCUT2D eigenvalue weighted by Gasteiger charge is -2.28. The van der Waals surface area contributed by atoms with Gasteiger partial charge in [0.1, 0.15) is 5.58 Å². The highest BCUT2D eigenvalue weighted by Gasteiger charge is 2.20. The lowest BCUT2D eigenvalue weighted by atomic mass is 10.0. The Labute approximate surface area is 151 Å². The Balaban J connectivity index is 1.47. The predicted octanol–water partition coefficient (Wildman–Crippen LogP) is 3.17. The Kier molecular flexibility index (Phi) is 4.28. The summed E-state index contributed by atoms with van der Waals surface area (Å²) >= 11 is 0. The van der Waals surface area contributed by atoms with Gasteiger partial charge in [-0.3, -0.25) is 9.78 Å². The van der Waals surface area contributed by atoms with Crippen molar-refractivity contribution in [2.75, 3.05) is 13.1 Å². The number of nitrogens with zero attached hydrogens (tertiary/aromatic N) is 3. The second kappa shape index (κ2) is 6.89. The summed E-state index contributed by atoms with van der Waals surface area (Å²) in [6.45, 7) is 1.39. The number of benzene rings is 1. The van der Waals surface area contributed by atoms with E-state index in [2.05, 4.69) is 16.5 Å². The number of carbonyl (C=O) groups excluding carboxylic acids is 1. The Morgan fingerprint density at radius 2 is 1.96 bits per heavy atom. The highest BCUT2D eigenvalue weighted by Crippen LogP contribution is 2.27. The normalized spacial score (nSPS) is 15.0. The lowest BCUT2D eigenvalue weighted by Crippen LogP contribution is -2.43. The number of carbonyl (C=O) groups is 1. The number of likely N-dealkylation sites (tertiary alicyclic amines) is 1. The fourth-order valence-corrected chi connectivity index (χ4v) is 3.30. The van der Waals surface area contributed by atoms with Crippen LogP contribution in [-0.4, -0.2) is 34.9 Å². The molecule has 4 rings (SSSR count). The number of amides is 1. The Morgan fingerprint density at radius 3 is 2.69 bits per heavy atom. The highest BCUT2D eigenvalue weighted by atomic mass is 16.3. The van der Waals surface area contributed by atoms with Gasteiger partial charge in [0.15, 0.2) is 6.19 Å². The molecule has 1 N–H and O–H groups in total. The van der Waals surface area contributed by atoms with Crippen molar-refractivity contribution in [1.29, 1.82) is 5.26 Å². The first kappa shape index (κ1) is 16.2. The molecule has 6 nitrogen and oxygen atoms in total. The van der Waals surface area contributed by atoms with Gasteiger partial charge in [-0.2, -0.15) is 5.26 Å². The number of fused-ring (bicyclic) bond motifs is 1. The summed E-state index contributed by atoms with van der Waals surface area (Å²) in [6, 6.07) is 11.3. The summed E-state index contributed by atoms with van der Waals surface area (Å²) in [5.41, 5.74) is 3.19. The molecule has 0 atom stereocenters. The van der Waals surface area contributed by atoms with Gasteiger partial charge in [-0.05, 0) is 37.1 Å². The number of nitriles is 1. The maximum absolute atomic E-state index is 12.5. The van der Waals surface area contributed by atoms with Crippen LogP contribution >= 0.6 is 0 Å². The predicted molar refractivity (Wildman–Crippen MR) is 97.1 cm³/mol. The van der Waals surface area contributed by atoms with Gasteiger partial charge < -0.3 is 14.6 Å². The van der Waals surface area contributed by atoms with Gasteiger partial charge in [0, 0.05) is 41.8 Å². The molecule has 0 saturated carbocycles. The largest absolute Gasteiger partial charge is 0.464 e. The second-order valence-corrected chi connectivity index (χ2v) is 6.40. The third kappa shape index (κ3) is 3.11. The molecule has 0 spiro atoms. The minimum Gasteiger partial charge on any atom is -0.464 e. The topological polar surface area (TPSA) is 82.2 Å². The zero-order chi connectivity index (χ0) is 17.9. The highest BCUT2D eigenvalue weighted by molar-refractivity contribution is 5.96. The Hall–Kier alpha value is -3.33. The minimum absolute atomic E-state index is 0.0820. The van der Waals surface area contributed by atoms with Crippen LogP contribution in [-0.2, 0) is 0 Å². The van der Waals surface area contributed by atoms with E-state index in [-0.39, 0.29) is 11.9 Å². The number of hydrogen-bond donors (Lipinski definition) is 1. The van der Waals surface area contributed by atoms with Gasteiger partial charge in [0.05, 0.1) is 12.0 Å². The molecule has 0 unspecified atom stereocenters. The van der Waals surface area contributed by atoms with Crippen LogP contribution in [0.5, 0.6) is 0 Å². The number of pyridine rings is 1. The average Bonchev–Trinajstić information content (AvgIpc) is 3.17. The SMILES string of the molecule is N#CN1CCC(NC(=O)c2ccc(-c3nccc4occc34)cc2)CC1. The fraction of sp³-hybridized carbons (Fsp3) is 0.250. The minimum atomic E-state index is -0.0820. The van der Waals surface area contributed by atoms with Crippen LogP contribution < -0.4 is 5.32 Å². The summed E-state index contributed by atoms with van der Waals surface area (Å²) in [4.78, 5) is 18.6. The third-order valence-electron chi connectivity index (χ3n) is 4.77. The van der Waals surface area contributed by atoms with Crippen LogP contribution in [0, 0.1) is 11.5 Å². The van der Waals surface area contributed by atoms with Gasteiger partial charge in [-0.15, -0.1) is 0 Å². The smallest absolute Gasteiger partial charge is 0.251 e. The molecule has 2 aromatic heterocycles. The van der Waals surface area contributed by atoms with Crippen LogP contribution in [0.2, 0.25) is 0 Å². The zero-order valence-electron chi connectivity index (χ0n) is 14.2. The van der Waals surface area contributed by atoms with Gasteiger partial charge in [-0.1, -0.05) is 12.1 Å². The van der Waals surface area contributed by atoms with E-state index in [1.165, 1.54) is 0 Å². The number of piperidine rings is 1. The molecular formula is C20H18N4O2. The number of furan rings is 1. The first-order valence-corrected chi connectivity index (χ1v) is 8.63. The van der Waals surface area contributed by atoms with Crippen LogP contribution in [0.15, 0.2) is 53.3 Å². The van der Waals surface area contributed by atoms with E-state index in [0.717, 1.165) is 35.1 Å². The standard InChI is InChI=1S/C20H18N4O2/c21-13-24-10-6-16(7-11-24)23-20(25)15-3-1-14(2-4-15)19-17-8-12-26-18(17)5-9-22-19/h1-5,8-9,12,16H,6-7,10-11H2,(H,23,25). The van der Waals surface area contributed by atoms with E-state index in [4.69, 9.17) is 9.68 Å². The molecule has 130 valence electrons. The molecular weight excluding hydrogens is 328 g/mol. The van der Waals surface area contributed by atoms with Crippen molar-refractivity contribution in [2.24, 2.45) is 0 Å². The van der Waals surface area contributed by atoms with E-state index in [0.29, 0.717) is 18.7 Å². The molecule has 0 radical (unpaired) electrons. The number of nitrogens with one attached hydrogen (secondary N) is 1. The molecule has 6 heteroatoms. The molecule has 3 aromatic rings. The Morgan fingerprint density at radius 1 is 1.19 bits per heavy atom. The van der Waals surface area contributed by atoms with E-state index >= 15 is 0 Å². The summed E-state index contributed by atoms with van der Waals surface area (Å²) in [7, 11) is 0.